The van der Waals surface area contributed by atoms with Crippen molar-refractivity contribution in [2.24, 2.45) is 0 Å². The topological polar surface area (TPSA) is 24.9 Å². The molecule has 96 valence electrons. The summed E-state index contributed by atoms with van der Waals surface area (Å²) in [5.74, 6) is 0. The normalized spacial score (nSPS) is 10.8. The minimum atomic E-state index is 0.949. The van der Waals surface area contributed by atoms with E-state index in [0.717, 1.165) is 22.8 Å². The number of benzene rings is 2. The minimum absolute atomic E-state index is 0.949. The summed E-state index contributed by atoms with van der Waals surface area (Å²) >= 11 is 1.69. The fourth-order valence-corrected chi connectivity index (χ4v) is 2.90. The van der Waals surface area contributed by atoms with Crippen LogP contribution in [0.1, 0.15) is 18.1 Å². The molecule has 2 aromatic carbocycles. The van der Waals surface area contributed by atoms with Crippen molar-refractivity contribution in [1.82, 2.24) is 4.98 Å². The second-order valence-electron chi connectivity index (χ2n) is 4.67. The smallest absolute Gasteiger partial charge is 0.188 e. The van der Waals surface area contributed by atoms with E-state index in [-0.39, 0.29) is 0 Å². The zero-order chi connectivity index (χ0) is 13.2. The lowest BCUT2D eigenvalue weighted by atomic mass is 10.1. The van der Waals surface area contributed by atoms with E-state index in [2.05, 4.69) is 66.6 Å². The summed E-state index contributed by atoms with van der Waals surface area (Å²) in [5, 5.41) is 4.32. The molecule has 1 aromatic heterocycles. The third-order valence-electron chi connectivity index (χ3n) is 3.16. The van der Waals surface area contributed by atoms with Crippen LogP contribution in [0.4, 0.5) is 10.8 Å². The van der Waals surface area contributed by atoms with E-state index < -0.39 is 0 Å². The second-order valence-corrected chi connectivity index (χ2v) is 5.70. The Labute approximate surface area is 117 Å². The number of anilines is 2. The number of aromatic nitrogens is 1. The van der Waals surface area contributed by atoms with Crippen LogP contribution >= 0.6 is 11.3 Å². The Morgan fingerprint density at radius 1 is 1.11 bits per heavy atom. The van der Waals surface area contributed by atoms with Crippen molar-refractivity contribution in [2.45, 2.75) is 20.3 Å². The highest BCUT2D eigenvalue weighted by Crippen LogP contribution is 2.28. The number of nitrogens with zero attached hydrogens (tertiary/aromatic N) is 1. The van der Waals surface area contributed by atoms with E-state index in [9.17, 15) is 0 Å². The van der Waals surface area contributed by atoms with Crippen LogP contribution in [-0.4, -0.2) is 4.98 Å². The maximum atomic E-state index is 4.62. The van der Waals surface area contributed by atoms with Gasteiger partial charge in [0.05, 0.1) is 10.2 Å². The minimum Gasteiger partial charge on any atom is -0.332 e. The van der Waals surface area contributed by atoms with Gasteiger partial charge in [-0.25, -0.2) is 4.98 Å². The SMILES string of the molecule is CCc1ccc(Nc2nc3cc(C)ccc3s2)cc1. The molecule has 0 aliphatic carbocycles. The highest BCUT2D eigenvalue weighted by molar-refractivity contribution is 7.22. The summed E-state index contributed by atoms with van der Waals surface area (Å²) in [6.45, 7) is 4.26. The molecule has 0 aliphatic rings. The Hall–Kier alpha value is -1.87. The van der Waals surface area contributed by atoms with Crippen LogP contribution in [0.25, 0.3) is 10.2 Å². The van der Waals surface area contributed by atoms with Crippen molar-refractivity contribution >= 4 is 32.4 Å². The summed E-state index contributed by atoms with van der Waals surface area (Å²) in [5.41, 5.74) is 4.76. The third-order valence-corrected chi connectivity index (χ3v) is 4.11. The Kier molecular flexibility index (Phi) is 3.22. The largest absolute Gasteiger partial charge is 0.332 e. The predicted octanol–water partition coefficient (Wildman–Crippen LogP) is 4.91. The summed E-state index contributed by atoms with van der Waals surface area (Å²) in [4.78, 5) is 4.62. The van der Waals surface area contributed by atoms with Crippen LogP contribution in [0, 0.1) is 6.92 Å². The molecule has 3 heteroatoms. The fraction of sp³-hybridized carbons (Fsp3) is 0.188. The zero-order valence-corrected chi connectivity index (χ0v) is 11.9. The van der Waals surface area contributed by atoms with Gasteiger partial charge >= 0.3 is 0 Å². The van der Waals surface area contributed by atoms with Crippen LogP contribution in [0.5, 0.6) is 0 Å². The fourth-order valence-electron chi connectivity index (χ4n) is 2.04. The first-order chi connectivity index (χ1) is 9.24. The Morgan fingerprint density at radius 2 is 1.89 bits per heavy atom. The van der Waals surface area contributed by atoms with Crippen molar-refractivity contribution in [3.8, 4) is 0 Å². The van der Waals surface area contributed by atoms with Gasteiger partial charge in [0.1, 0.15) is 0 Å². The molecule has 19 heavy (non-hydrogen) atoms. The third kappa shape index (κ3) is 2.61. The number of thiazole rings is 1. The van der Waals surface area contributed by atoms with Crippen molar-refractivity contribution in [3.05, 3.63) is 53.6 Å². The molecule has 0 aliphatic heterocycles. The van der Waals surface area contributed by atoms with Gasteiger partial charge in [-0.2, -0.15) is 0 Å². The number of hydrogen-bond donors (Lipinski definition) is 1. The van der Waals surface area contributed by atoms with Gasteiger partial charge in [0.25, 0.3) is 0 Å². The van der Waals surface area contributed by atoms with Gasteiger partial charge in [-0.1, -0.05) is 36.5 Å². The highest BCUT2D eigenvalue weighted by atomic mass is 32.1. The van der Waals surface area contributed by atoms with Crippen molar-refractivity contribution < 1.29 is 0 Å². The average Bonchev–Trinajstić information content (AvgIpc) is 2.81. The van der Waals surface area contributed by atoms with Gasteiger partial charge in [0.15, 0.2) is 5.13 Å². The molecule has 0 spiro atoms. The predicted molar refractivity (Wildman–Crippen MR) is 83.5 cm³/mol. The quantitative estimate of drug-likeness (QED) is 0.730. The number of nitrogens with one attached hydrogen (secondary N) is 1. The van der Waals surface area contributed by atoms with Gasteiger partial charge in [-0.15, -0.1) is 0 Å². The van der Waals surface area contributed by atoms with E-state index >= 15 is 0 Å². The second kappa shape index (κ2) is 5.02. The maximum Gasteiger partial charge on any atom is 0.188 e. The number of fused-ring (bicyclic) bond motifs is 1. The van der Waals surface area contributed by atoms with Crippen LogP contribution in [0.2, 0.25) is 0 Å². The van der Waals surface area contributed by atoms with Crippen LogP contribution < -0.4 is 5.32 Å². The molecule has 3 aromatic rings. The van der Waals surface area contributed by atoms with Gasteiger partial charge in [-0.3, -0.25) is 0 Å². The lowest BCUT2D eigenvalue weighted by Crippen LogP contribution is -1.89. The zero-order valence-electron chi connectivity index (χ0n) is 11.1. The first-order valence-corrected chi connectivity index (χ1v) is 7.29. The van der Waals surface area contributed by atoms with Gasteiger partial charge in [0, 0.05) is 5.69 Å². The number of hydrogen-bond acceptors (Lipinski definition) is 3. The van der Waals surface area contributed by atoms with E-state index in [1.54, 1.807) is 11.3 Å². The van der Waals surface area contributed by atoms with Gasteiger partial charge in [-0.05, 0) is 48.7 Å². The monoisotopic (exact) mass is 268 g/mol. The maximum absolute atomic E-state index is 4.62. The molecule has 0 radical (unpaired) electrons. The van der Waals surface area contributed by atoms with E-state index in [1.165, 1.54) is 15.8 Å². The average molecular weight is 268 g/mol. The van der Waals surface area contributed by atoms with E-state index in [1.807, 2.05) is 0 Å². The molecule has 0 fully saturated rings. The van der Waals surface area contributed by atoms with Crippen LogP contribution in [0.3, 0.4) is 0 Å². The van der Waals surface area contributed by atoms with Gasteiger partial charge < -0.3 is 5.32 Å². The summed E-state index contributed by atoms with van der Waals surface area (Å²) in [7, 11) is 0. The molecule has 0 saturated carbocycles. The van der Waals surface area contributed by atoms with E-state index in [0.29, 0.717) is 0 Å². The molecule has 1 N–H and O–H groups in total. The van der Waals surface area contributed by atoms with Crippen LogP contribution in [0.15, 0.2) is 42.5 Å². The number of rotatable bonds is 3. The summed E-state index contributed by atoms with van der Waals surface area (Å²) < 4.78 is 1.22. The molecular formula is C16H16N2S. The lowest BCUT2D eigenvalue weighted by Gasteiger charge is -2.03. The Morgan fingerprint density at radius 3 is 2.63 bits per heavy atom. The first-order valence-electron chi connectivity index (χ1n) is 6.48. The van der Waals surface area contributed by atoms with Crippen molar-refractivity contribution in [1.29, 1.82) is 0 Å². The summed E-state index contributed by atoms with van der Waals surface area (Å²) in [6.07, 6.45) is 1.07. The van der Waals surface area contributed by atoms with Crippen molar-refractivity contribution in [3.63, 3.8) is 0 Å². The molecule has 3 rings (SSSR count). The Bertz CT molecular complexity index is 698. The molecule has 0 amide bonds. The standard InChI is InChI=1S/C16H16N2S/c1-3-12-5-7-13(8-6-12)17-16-18-14-10-11(2)4-9-15(14)19-16/h4-10H,3H2,1-2H3,(H,17,18). The molecule has 0 atom stereocenters. The molecule has 0 bridgehead atoms. The lowest BCUT2D eigenvalue weighted by molar-refractivity contribution is 1.14. The first kappa shape index (κ1) is 12.2. The molecule has 0 saturated heterocycles. The molecule has 0 unspecified atom stereocenters. The van der Waals surface area contributed by atoms with E-state index in [4.69, 9.17) is 0 Å². The van der Waals surface area contributed by atoms with Gasteiger partial charge in [0.2, 0.25) is 0 Å². The molecular weight excluding hydrogens is 252 g/mol. The molecule has 1 heterocycles. The van der Waals surface area contributed by atoms with Crippen molar-refractivity contribution in [2.75, 3.05) is 5.32 Å². The van der Waals surface area contributed by atoms with Crippen LogP contribution in [-0.2, 0) is 6.42 Å². The highest BCUT2D eigenvalue weighted by Gasteiger charge is 2.04. The summed E-state index contributed by atoms with van der Waals surface area (Å²) in [6, 6.07) is 14.9. The molecule has 2 nitrogen and oxygen atoms in total. The number of aryl methyl sites for hydroxylation is 2. The Balaban J connectivity index is 1.87.